The predicted octanol–water partition coefficient (Wildman–Crippen LogP) is 3.32. The number of nitrogens with one attached hydrogen (secondary N) is 1. The molecule has 3 rings (SSSR count). The summed E-state index contributed by atoms with van der Waals surface area (Å²) in [4.78, 5) is 39.7. The maximum Gasteiger partial charge on any atom is 0.307 e. The zero-order valence-electron chi connectivity index (χ0n) is 18.0. The number of amides is 1. The average molecular weight is 471 g/mol. The molecule has 2 heterocycles. The Morgan fingerprint density at radius 3 is 2.64 bits per heavy atom. The summed E-state index contributed by atoms with van der Waals surface area (Å²) >= 11 is 1.07. The fourth-order valence-electron chi connectivity index (χ4n) is 2.98. The summed E-state index contributed by atoms with van der Waals surface area (Å²) in [6, 6.07) is 9.18. The molecule has 1 N–H and O–H groups in total. The van der Waals surface area contributed by atoms with Crippen molar-refractivity contribution in [3.63, 3.8) is 0 Å². The molecule has 33 heavy (non-hydrogen) atoms. The maximum atomic E-state index is 13.0. The Hall–Kier alpha value is -3.80. The van der Waals surface area contributed by atoms with E-state index in [1.165, 1.54) is 24.3 Å². The van der Waals surface area contributed by atoms with Crippen LogP contribution in [0.15, 0.2) is 53.9 Å². The van der Waals surface area contributed by atoms with Crippen LogP contribution in [0.1, 0.15) is 20.3 Å². The molecule has 2 aromatic heterocycles. The Balaban J connectivity index is 1.86. The van der Waals surface area contributed by atoms with Crippen molar-refractivity contribution >= 4 is 35.0 Å². The molecule has 0 spiro atoms. The second-order valence-corrected chi connectivity index (χ2v) is 7.87. The summed E-state index contributed by atoms with van der Waals surface area (Å²) in [6.07, 6.45) is 3.08. The van der Waals surface area contributed by atoms with Crippen molar-refractivity contribution in [1.82, 2.24) is 19.7 Å². The first-order valence-electron chi connectivity index (χ1n) is 10.1. The molecule has 0 saturated carbocycles. The quantitative estimate of drug-likeness (QED) is 0.204. The van der Waals surface area contributed by atoms with Gasteiger partial charge in [0.2, 0.25) is 5.91 Å². The highest BCUT2D eigenvalue weighted by Crippen LogP contribution is 2.29. The molecule has 0 aliphatic heterocycles. The van der Waals surface area contributed by atoms with Gasteiger partial charge in [0.05, 0.1) is 18.0 Å². The normalized spacial score (nSPS) is 11.6. The van der Waals surface area contributed by atoms with Crippen LogP contribution in [0.5, 0.6) is 0 Å². The molecule has 0 radical (unpaired) electrons. The van der Waals surface area contributed by atoms with Crippen molar-refractivity contribution in [2.75, 3.05) is 11.9 Å². The van der Waals surface area contributed by atoms with E-state index in [9.17, 15) is 19.7 Å². The van der Waals surface area contributed by atoms with Gasteiger partial charge < -0.3 is 14.6 Å². The van der Waals surface area contributed by atoms with Crippen molar-refractivity contribution in [2.24, 2.45) is 0 Å². The van der Waals surface area contributed by atoms with E-state index in [4.69, 9.17) is 4.74 Å². The smallest absolute Gasteiger partial charge is 0.307 e. The first-order chi connectivity index (χ1) is 15.9. The van der Waals surface area contributed by atoms with Gasteiger partial charge in [0.1, 0.15) is 5.25 Å². The molecule has 3 aromatic rings. The van der Waals surface area contributed by atoms with Gasteiger partial charge in [0, 0.05) is 42.3 Å². The Morgan fingerprint density at radius 1 is 1.21 bits per heavy atom. The average Bonchev–Trinajstić information content (AvgIpc) is 3.22. The number of esters is 1. The van der Waals surface area contributed by atoms with E-state index in [0.717, 1.165) is 17.3 Å². The number of hydrogen-bond donors (Lipinski definition) is 1. The van der Waals surface area contributed by atoms with E-state index in [0.29, 0.717) is 17.5 Å². The maximum absolute atomic E-state index is 13.0. The first kappa shape index (κ1) is 23.9. The molecule has 0 bridgehead atoms. The Morgan fingerprint density at radius 2 is 1.97 bits per heavy atom. The number of anilines is 1. The lowest BCUT2D eigenvalue weighted by Crippen LogP contribution is -2.28. The summed E-state index contributed by atoms with van der Waals surface area (Å²) in [7, 11) is 0. The zero-order chi connectivity index (χ0) is 23.8. The molecule has 172 valence electrons. The van der Waals surface area contributed by atoms with Crippen LogP contribution >= 0.6 is 11.8 Å². The van der Waals surface area contributed by atoms with Gasteiger partial charge in [0.15, 0.2) is 11.0 Å². The third-order valence-electron chi connectivity index (χ3n) is 4.49. The summed E-state index contributed by atoms with van der Waals surface area (Å²) < 4.78 is 6.85. The monoisotopic (exact) mass is 470 g/mol. The summed E-state index contributed by atoms with van der Waals surface area (Å²) in [5.74, 6) is -0.442. The van der Waals surface area contributed by atoms with Crippen LogP contribution < -0.4 is 5.32 Å². The number of nitro benzene ring substituents is 1. The number of pyridine rings is 1. The fourth-order valence-corrected chi connectivity index (χ4v) is 4.05. The van der Waals surface area contributed by atoms with E-state index in [1.807, 2.05) is 11.5 Å². The standard InChI is InChI=1S/C21H22N6O5S/c1-3-26-19(14-8-10-22-11-9-14)24-25-21(26)33-17(13-18(28)32-4-2)20(29)23-15-6-5-7-16(12-15)27(30)31/h5-12,17H,3-4,13H2,1-2H3,(H,23,29)/t17-/m1/s1. The van der Waals surface area contributed by atoms with Crippen molar-refractivity contribution in [2.45, 2.75) is 37.2 Å². The van der Waals surface area contributed by atoms with Crippen LogP contribution in [0.3, 0.4) is 0 Å². The third-order valence-corrected chi connectivity index (χ3v) is 5.67. The van der Waals surface area contributed by atoms with E-state index < -0.39 is 22.0 Å². The number of carbonyl (C=O) groups excluding carboxylic acids is 2. The van der Waals surface area contributed by atoms with Crippen LogP contribution in [0.2, 0.25) is 0 Å². The number of nitro groups is 1. The molecule has 0 saturated heterocycles. The number of carbonyl (C=O) groups is 2. The van der Waals surface area contributed by atoms with Gasteiger partial charge in [0.25, 0.3) is 5.69 Å². The summed E-state index contributed by atoms with van der Waals surface area (Å²) in [5, 5.41) is 21.7. The SMILES string of the molecule is CCOC(=O)C[C@@H](Sc1nnc(-c2ccncc2)n1CC)C(=O)Nc1cccc([N+](=O)[O-])c1. The zero-order valence-corrected chi connectivity index (χ0v) is 18.8. The minimum atomic E-state index is -0.900. The predicted molar refractivity (Wildman–Crippen MR) is 122 cm³/mol. The molecule has 0 fully saturated rings. The van der Waals surface area contributed by atoms with Crippen LogP contribution in [0, 0.1) is 10.1 Å². The number of nitrogens with zero attached hydrogens (tertiary/aromatic N) is 5. The highest BCUT2D eigenvalue weighted by Gasteiger charge is 2.27. The largest absolute Gasteiger partial charge is 0.466 e. The number of hydrogen-bond acceptors (Lipinski definition) is 9. The molecule has 11 nitrogen and oxygen atoms in total. The first-order valence-corrected chi connectivity index (χ1v) is 11.0. The molecular weight excluding hydrogens is 448 g/mol. The second-order valence-electron chi connectivity index (χ2n) is 6.70. The van der Waals surface area contributed by atoms with Crippen LogP contribution in [0.4, 0.5) is 11.4 Å². The van der Waals surface area contributed by atoms with E-state index in [-0.39, 0.29) is 24.4 Å². The molecule has 0 aliphatic rings. The lowest BCUT2D eigenvalue weighted by atomic mass is 10.2. The van der Waals surface area contributed by atoms with E-state index in [2.05, 4.69) is 20.5 Å². The topological polar surface area (TPSA) is 142 Å². The van der Waals surface area contributed by atoms with Gasteiger partial charge in [-0.25, -0.2) is 0 Å². The highest BCUT2D eigenvalue weighted by atomic mass is 32.2. The number of aromatic nitrogens is 4. The fraction of sp³-hybridized carbons (Fsp3) is 0.286. The Kier molecular flexibility index (Phi) is 8.08. The molecule has 1 aromatic carbocycles. The van der Waals surface area contributed by atoms with E-state index in [1.54, 1.807) is 31.5 Å². The molecule has 1 atom stereocenters. The number of ether oxygens (including phenoxy) is 1. The van der Waals surface area contributed by atoms with Crippen molar-refractivity contribution < 1.29 is 19.2 Å². The van der Waals surface area contributed by atoms with Crippen molar-refractivity contribution in [3.05, 3.63) is 58.9 Å². The van der Waals surface area contributed by atoms with Gasteiger partial charge in [-0.05, 0) is 32.0 Å². The second kappa shape index (κ2) is 11.2. The number of thioether (sulfide) groups is 1. The molecule has 0 aliphatic carbocycles. The van der Waals surface area contributed by atoms with Gasteiger partial charge in [-0.2, -0.15) is 0 Å². The number of benzene rings is 1. The number of rotatable bonds is 10. The Bertz CT molecular complexity index is 1140. The van der Waals surface area contributed by atoms with Crippen LogP contribution in [-0.4, -0.2) is 48.4 Å². The van der Waals surface area contributed by atoms with Crippen molar-refractivity contribution in [1.29, 1.82) is 0 Å². The van der Waals surface area contributed by atoms with Crippen LogP contribution in [0.25, 0.3) is 11.4 Å². The molecular formula is C21H22N6O5S. The minimum Gasteiger partial charge on any atom is -0.466 e. The molecule has 1 amide bonds. The molecule has 12 heteroatoms. The van der Waals surface area contributed by atoms with Crippen molar-refractivity contribution in [3.8, 4) is 11.4 Å². The van der Waals surface area contributed by atoms with Gasteiger partial charge in [-0.3, -0.25) is 24.7 Å². The third kappa shape index (κ3) is 6.13. The van der Waals surface area contributed by atoms with Gasteiger partial charge in [-0.1, -0.05) is 17.8 Å². The summed E-state index contributed by atoms with van der Waals surface area (Å²) in [5.41, 5.74) is 0.905. The van der Waals surface area contributed by atoms with Gasteiger partial charge in [-0.15, -0.1) is 10.2 Å². The lowest BCUT2D eigenvalue weighted by Gasteiger charge is -2.16. The lowest BCUT2D eigenvalue weighted by molar-refractivity contribution is -0.384. The molecule has 0 unspecified atom stereocenters. The van der Waals surface area contributed by atoms with E-state index >= 15 is 0 Å². The Labute approximate surface area is 193 Å². The number of non-ortho nitro benzene ring substituents is 1. The summed E-state index contributed by atoms with van der Waals surface area (Å²) in [6.45, 7) is 4.31. The van der Waals surface area contributed by atoms with Gasteiger partial charge >= 0.3 is 5.97 Å². The highest BCUT2D eigenvalue weighted by molar-refractivity contribution is 8.00. The minimum absolute atomic E-state index is 0.157. The van der Waals surface area contributed by atoms with Crippen LogP contribution in [-0.2, 0) is 20.9 Å².